The topological polar surface area (TPSA) is 76.2 Å². The summed E-state index contributed by atoms with van der Waals surface area (Å²) in [6.07, 6.45) is 3.78. The van der Waals surface area contributed by atoms with Gasteiger partial charge in [0.15, 0.2) is 0 Å². The molecular weight excluding hydrogens is 330 g/mol. The maximum Gasteiger partial charge on any atom is 0.269 e. The van der Waals surface area contributed by atoms with Gasteiger partial charge in [-0.05, 0) is 18.1 Å². The highest BCUT2D eigenvalue weighted by molar-refractivity contribution is 5.85. The summed E-state index contributed by atoms with van der Waals surface area (Å²) >= 11 is 0. The van der Waals surface area contributed by atoms with E-state index in [0.717, 1.165) is 43.1 Å². The first-order chi connectivity index (χ1) is 11.1. The van der Waals surface area contributed by atoms with Gasteiger partial charge in [-0.25, -0.2) is 4.98 Å². The van der Waals surface area contributed by atoms with Crippen molar-refractivity contribution in [3.05, 3.63) is 57.7 Å². The van der Waals surface area contributed by atoms with Crippen LogP contribution in [-0.4, -0.2) is 39.0 Å². The molecule has 0 amide bonds. The fourth-order valence-corrected chi connectivity index (χ4v) is 3.08. The van der Waals surface area contributed by atoms with E-state index in [-0.39, 0.29) is 29.1 Å². The number of non-ortho nitro benzene ring substituents is 1. The van der Waals surface area contributed by atoms with Crippen LogP contribution in [0.2, 0.25) is 0 Å². The highest BCUT2D eigenvalue weighted by Gasteiger charge is 2.27. The standard InChI is InChI=1S/C16H21N5O2.ClH/c1-12-9-14(21(22)23)4-3-13(12)11-20-8-5-17-10-15(20)16-18-6-7-19(16)2;/h3-4,6-7,9,15,17H,5,8,10-11H2,1-2H3;1H. The number of imidazole rings is 1. The smallest absolute Gasteiger partial charge is 0.269 e. The molecule has 1 fully saturated rings. The second-order valence-corrected chi connectivity index (χ2v) is 5.95. The van der Waals surface area contributed by atoms with Crippen molar-refractivity contribution in [2.45, 2.75) is 19.5 Å². The van der Waals surface area contributed by atoms with Gasteiger partial charge in [-0.2, -0.15) is 0 Å². The van der Waals surface area contributed by atoms with E-state index in [1.54, 1.807) is 12.1 Å². The minimum Gasteiger partial charge on any atom is -0.337 e. The second-order valence-electron chi connectivity index (χ2n) is 5.95. The van der Waals surface area contributed by atoms with Crippen LogP contribution < -0.4 is 5.32 Å². The monoisotopic (exact) mass is 351 g/mol. The third kappa shape index (κ3) is 3.75. The van der Waals surface area contributed by atoms with Crippen molar-refractivity contribution < 1.29 is 4.92 Å². The maximum absolute atomic E-state index is 10.9. The van der Waals surface area contributed by atoms with Crippen LogP contribution in [0.4, 0.5) is 5.69 Å². The third-order valence-electron chi connectivity index (χ3n) is 4.42. The number of aryl methyl sites for hydroxylation is 2. The minimum absolute atomic E-state index is 0. The van der Waals surface area contributed by atoms with E-state index in [2.05, 4.69) is 15.2 Å². The number of halogens is 1. The van der Waals surface area contributed by atoms with Crippen molar-refractivity contribution in [2.24, 2.45) is 7.05 Å². The number of nitrogens with zero attached hydrogens (tertiary/aromatic N) is 4. The number of nitro groups is 1. The normalized spacial score (nSPS) is 18.2. The Kier molecular flexibility index (Phi) is 5.93. The molecule has 7 nitrogen and oxygen atoms in total. The molecule has 2 aromatic rings. The zero-order valence-electron chi connectivity index (χ0n) is 13.8. The van der Waals surface area contributed by atoms with E-state index >= 15 is 0 Å². The first-order valence-corrected chi connectivity index (χ1v) is 7.72. The fourth-order valence-electron chi connectivity index (χ4n) is 3.08. The first kappa shape index (κ1) is 18.4. The SMILES string of the molecule is Cc1cc([N+](=O)[O-])ccc1CN1CCNCC1c1nccn1C.Cl. The Morgan fingerprint density at radius 2 is 2.25 bits per heavy atom. The number of benzene rings is 1. The average Bonchev–Trinajstić information content (AvgIpc) is 2.95. The van der Waals surface area contributed by atoms with Crippen LogP contribution in [-0.2, 0) is 13.6 Å². The molecule has 1 unspecified atom stereocenters. The molecule has 24 heavy (non-hydrogen) atoms. The van der Waals surface area contributed by atoms with Gasteiger partial charge < -0.3 is 9.88 Å². The molecule has 1 N–H and O–H groups in total. The predicted octanol–water partition coefficient (Wildman–Crippen LogP) is 2.21. The average molecular weight is 352 g/mol. The van der Waals surface area contributed by atoms with Crippen LogP contribution in [0, 0.1) is 17.0 Å². The molecule has 1 aromatic carbocycles. The lowest BCUT2D eigenvalue weighted by Gasteiger charge is -2.36. The lowest BCUT2D eigenvalue weighted by molar-refractivity contribution is -0.384. The Balaban J connectivity index is 0.00000208. The number of nitro benzene ring substituents is 1. The van der Waals surface area contributed by atoms with Crippen LogP contribution in [0.3, 0.4) is 0 Å². The van der Waals surface area contributed by atoms with Crippen LogP contribution in [0.5, 0.6) is 0 Å². The summed E-state index contributed by atoms with van der Waals surface area (Å²) in [7, 11) is 2.01. The van der Waals surface area contributed by atoms with Gasteiger partial charge in [0.2, 0.25) is 0 Å². The van der Waals surface area contributed by atoms with Crippen molar-refractivity contribution in [3.8, 4) is 0 Å². The lowest BCUT2D eigenvalue weighted by atomic mass is 10.1. The summed E-state index contributed by atoms with van der Waals surface area (Å²) in [6, 6.07) is 5.30. The van der Waals surface area contributed by atoms with Gasteiger partial charge in [0.25, 0.3) is 5.69 Å². The first-order valence-electron chi connectivity index (χ1n) is 7.72. The van der Waals surface area contributed by atoms with Crippen LogP contribution >= 0.6 is 12.4 Å². The molecule has 2 heterocycles. The van der Waals surface area contributed by atoms with Crippen LogP contribution in [0.15, 0.2) is 30.6 Å². The van der Waals surface area contributed by atoms with E-state index < -0.39 is 0 Å². The largest absolute Gasteiger partial charge is 0.337 e. The molecule has 0 bridgehead atoms. The van der Waals surface area contributed by atoms with E-state index in [9.17, 15) is 10.1 Å². The summed E-state index contributed by atoms with van der Waals surface area (Å²) < 4.78 is 2.05. The molecular formula is C16H22ClN5O2. The van der Waals surface area contributed by atoms with E-state index in [4.69, 9.17) is 0 Å². The molecule has 1 aromatic heterocycles. The second kappa shape index (κ2) is 7.74. The van der Waals surface area contributed by atoms with Gasteiger partial charge in [0, 0.05) is 57.8 Å². The quantitative estimate of drug-likeness (QED) is 0.675. The summed E-state index contributed by atoms with van der Waals surface area (Å²) in [5.74, 6) is 1.04. The van der Waals surface area contributed by atoms with Gasteiger partial charge in [-0.15, -0.1) is 12.4 Å². The lowest BCUT2D eigenvalue weighted by Crippen LogP contribution is -2.46. The summed E-state index contributed by atoms with van der Waals surface area (Å²) in [5, 5.41) is 14.3. The number of hydrogen-bond donors (Lipinski definition) is 1. The van der Waals surface area contributed by atoms with Gasteiger partial charge in [-0.3, -0.25) is 15.0 Å². The highest BCUT2D eigenvalue weighted by Crippen LogP contribution is 2.25. The number of piperazine rings is 1. The summed E-state index contributed by atoms with van der Waals surface area (Å²) in [5.41, 5.74) is 2.22. The fraction of sp³-hybridized carbons (Fsp3) is 0.438. The van der Waals surface area contributed by atoms with Crippen molar-refractivity contribution >= 4 is 18.1 Å². The molecule has 1 atom stereocenters. The molecule has 1 aliphatic heterocycles. The van der Waals surface area contributed by atoms with Gasteiger partial charge in [0.05, 0.1) is 11.0 Å². The molecule has 0 spiro atoms. The van der Waals surface area contributed by atoms with Crippen LogP contribution in [0.1, 0.15) is 23.0 Å². The van der Waals surface area contributed by atoms with E-state index in [1.165, 1.54) is 0 Å². The number of nitrogens with one attached hydrogen (secondary N) is 1. The maximum atomic E-state index is 10.9. The van der Waals surface area contributed by atoms with Crippen molar-refractivity contribution in [1.82, 2.24) is 19.8 Å². The number of rotatable bonds is 4. The molecule has 1 aliphatic rings. The Hall–Kier alpha value is -1.96. The predicted molar refractivity (Wildman–Crippen MR) is 94.3 cm³/mol. The number of aromatic nitrogens is 2. The molecule has 130 valence electrons. The molecule has 0 saturated carbocycles. The van der Waals surface area contributed by atoms with Crippen LogP contribution in [0.25, 0.3) is 0 Å². The molecule has 1 saturated heterocycles. The Labute approximate surface area is 147 Å². The zero-order chi connectivity index (χ0) is 16.4. The van der Waals surface area contributed by atoms with E-state index in [1.807, 2.05) is 37.0 Å². The van der Waals surface area contributed by atoms with E-state index in [0.29, 0.717) is 0 Å². The molecule has 0 aliphatic carbocycles. The van der Waals surface area contributed by atoms with Crippen molar-refractivity contribution in [3.63, 3.8) is 0 Å². The highest BCUT2D eigenvalue weighted by atomic mass is 35.5. The molecule has 8 heteroatoms. The Morgan fingerprint density at radius 1 is 1.46 bits per heavy atom. The summed E-state index contributed by atoms with van der Waals surface area (Å²) in [4.78, 5) is 17.4. The minimum atomic E-state index is -0.349. The van der Waals surface area contributed by atoms with Gasteiger partial charge in [0.1, 0.15) is 5.82 Å². The van der Waals surface area contributed by atoms with Gasteiger partial charge in [-0.1, -0.05) is 6.07 Å². The third-order valence-corrected chi connectivity index (χ3v) is 4.42. The number of hydrogen-bond acceptors (Lipinski definition) is 5. The Morgan fingerprint density at radius 3 is 2.88 bits per heavy atom. The Bertz CT molecular complexity index is 718. The zero-order valence-corrected chi connectivity index (χ0v) is 14.6. The summed E-state index contributed by atoms with van der Waals surface area (Å²) in [6.45, 7) is 5.42. The molecule has 3 rings (SSSR count). The van der Waals surface area contributed by atoms with Gasteiger partial charge >= 0.3 is 0 Å². The molecule has 0 radical (unpaired) electrons. The van der Waals surface area contributed by atoms with Crippen molar-refractivity contribution in [1.29, 1.82) is 0 Å². The van der Waals surface area contributed by atoms with Crippen molar-refractivity contribution in [2.75, 3.05) is 19.6 Å².